The molecule has 0 aliphatic rings. The van der Waals surface area contributed by atoms with Gasteiger partial charge in [0, 0.05) is 24.1 Å². The van der Waals surface area contributed by atoms with E-state index in [4.69, 9.17) is 4.74 Å². The Morgan fingerprint density at radius 2 is 1.90 bits per heavy atom. The van der Waals surface area contributed by atoms with Gasteiger partial charge in [0.15, 0.2) is 0 Å². The van der Waals surface area contributed by atoms with Crippen LogP contribution in [0.1, 0.15) is 21.6 Å². The van der Waals surface area contributed by atoms with Crippen molar-refractivity contribution in [1.82, 2.24) is 19.7 Å². The summed E-state index contributed by atoms with van der Waals surface area (Å²) in [4.78, 5) is 20.8. The van der Waals surface area contributed by atoms with Crippen LogP contribution in [0.15, 0.2) is 73.3 Å². The van der Waals surface area contributed by atoms with Gasteiger partial charge in [0.25, 0.3) is 5.91 Å². The summed E-state index contributed by atoms with van der Waals surface area (Å²) in [7, 11) is 0. The molecule has 0 aliphatic carbocycles. The maximum atomic E-state index is 12.8. The molecule has 0 bridgehead atoms. The van der Waals surface area contributed by atoms with E-state index >= 15 is 0 Å². The lowest BCUT2D eigenvalue weighted by molar-refractivity contribution is 0.102. The number of rotatable bonds is 5. The topological polar surface area (TPSA) is 81.9 Å². The zero-order valence-electron chi connectivity index (χ0n) is 16.0. The first-order chi connectivity index (χ1) is 14.1. The Hall–Kier alpha value is -4.00. The second-order valence-corrected chi connectivity index (χ2v) is 6.52. The fourth-order valence-corrected chi connectivity index (χ4v) is 2.95. The second kappa shape index (κ2) is 7.93. The molecule has 7 heteroatoms. The molecule has 4 rings (SSSR count). The monoisotopic (exact) mass is 385 g/mol. The van der Waals surface area contributed by atoms with Gasteiger partial charge in [-0.3, -0.25) is 9.78 Å². The molecule has 0 unspecified atom stereocenters. The van der Waals surface area contributed by atoms with Crippen LogP contribution in [0.2, 0.25) is 0 Å². The summed E-state index contributed by atoms with van der Waals surface area (Å²) < 4.78 is 7.42. The van der Waals surface area contributed by atoms with E-state index < -0.39 is 0 Å². The standard InChI is InChI=1S/C22H19N5O2/c1-15-5-3-7-18(11-15)27-16(2)20(13-25-27)22(28)26-17-6-4-8-19(12-17)29-21-14-23-9-10-24-21/h3-14H,1-2H3,(H,26,28). The second-order valence-electron chi connectivity index (χ2n) is 6.52. The summed E-state index contributed by atoms with van der Waals surface area (Å²) in [5.74, 6) is 0.694. The van der Waals surface area contributed by atoms with Crippen LogP contribution in [0.3, 0.4) is 0 Å². The molecule has 144 valence electrons. The van der Waals surface area contributed by atoms with E-state index in [1.165, 1.54) is 6.20 Å². The quantitative estimate of drug-likeness (QED) is 0.553. The number of carbonyl (C=O) groups excluding carboxylic acids is 1. The minimum atomic E-state index is -0.238. The summed E-state index contributed by atoms with van der Waals surface area (Å²) >= 11 is 0. The minimum absolute atomic E-state index is 0.238. The molecule has 0 radical (unpaired) electrons. The van der Waals surface area contributed by atoms with Crippen molar-refractivity contribution in [2.24, 2.45) is 0 Å². The van der Waals surface area contributed by atoms with Crippen LogP contribution in [0.5, 0.6) is 11.6 Å². The number of hydrogen-bond donors (Lipinski definition) is 1. The molecule has 4 aromatic rings. The van der Waals surface area contributed by atoms with Gasteiger partial charge in [0.2, 0.25) is 5.88 Å². The van der Waals surface area contributed by atoms with E-state index in [0.29, 0.717) is 22.9 Å². The number of anilines is 1. The predicted octanol–water partition coefficient (Wildman–Crippen LogP) is 4.32. The highest BCUT2D eigenvalue weighted by Crippen LogP contribution is 2.23. The molecule has 2 aromatic heterocycles. The molecule has 0 saturated heterocycles. The van der Waals surface area contributed by atoms with Gasteiger partial charge in [-0.2, -0.15) is 5.10 Å². The zero-order chi connectivity index (χ0) is 20.2. The zero-order valence-corrected chi connectivity index (χ0v) is 16.0. The highest BCUT2D eigenvalue weighted by Gasteiger charge is 2.16. The third kappa shape index (κ3) is 4.14. The van der Waals surface area contributed by atoms with Crippen molar-refractivity contribution in [3.8, 4) is 17.3 Å². The molecule has 0 spiro atoms. The Balaban J connectivity index is 1.52. The molecule has 0 aliphatic heterocycles. The number of hydrogen-bond acceptors (Lipinski definition) is 5. The van der Waals surface area contributed by atoms with E-state index in [9.17, 15) is 4.79 Å². The summed E-state index contributed by atoms with van der Waals surface area (Å²) in [6.45, 7) is 3.89. The van der Waals surface area contributed by atoms with Gasteiger partial charge >= 0.3 is 0 Å². The molecule has 2 heterocycles. The van der Waals surface area contributed by atoms with Crippen LogP contribution in [0.4, 0.5) is 5.69 Å². The molecule has 7 nitrogen and oxygen atoms in total. The van der Waals surface area contributed by atoms with E-state index in [2.05, 4.69) is 20.4 Å². The highest BCUT2D eigenvalue weighted by atomic mass is 16.5. The van der Waals surface area contributed by atoms with Crippen LogP contribution in [-0.4, -0.2) is 25.7 Å². The van der Waals surface area contributed by atoms with Crippen LogP contribution >= 0.6 is 0 Å². The Bertz CT molecular complexity index is 1150. The highest BCUT2D eigenvalue weighted by molar-refractivity contribution is 6.05. The number of ether oxygens (including phenoxy) is 1. The van der Waals surface area contributed by atoms with Gasteiger partial charge < -0.3 is 10.1 Å². The maximum absolute atomic E-state index is 12.8. The number of amides is 1. The molecule has 1 amide bonds. The lowest BCUT2D eigenvalue weighted by Gasteiger charge is -2.09. The average Bonchev–Trinajstić information content (AvgIpc) is 3.10. The third-order valence-electron chi connectivity index (χ3n) is 4.35. The number of aryl methyl sites for hydroxylation is 1. The van der Waals surface area contributed by atoms with Crippen molar-refractivity contribution < 1.29 is 9.53 Å². The fourth-order valence-electron chi connectivity index (χ4n) is 2.95. The number of nitrogens with one attached hydrogen (secondary N) is 1. The molecule has 1 N–H and O–H groups in total. The summed E-state index contributed by atoms with van der Waals surface area (Å²) in [5, 5.41) is 7.27. The summed E-state index contributed by atoms with van der Waals surface area (Å²) in [6.07, 6.45) is 6.22. The van der Waals surface area contributed by atoms with Crippen LogP contribution in [0.25, 0.3) is 5.69 Å². The van der Waals surface area contributed by atoms with Crippen molar-refractivity contribution in [1.29, 1.82) is 0 Å². The number of aromatic nitrogens is 4. The number of nitrogens with zero attached hydrogens (tertiary/aromatic N) is 4. The van der Waals surface area contributed by atoms with Gasteiger partial charge in [-0.25, -0.2) is 9.67 Å². The minimum Gasteiger partial charge on any atom is -0.437 e. The SMILES string of the molecule is Cc1cccc(-n2ncc(C(=O)Nc3cccc(Oc4cnccn4)c3)c2C)c1. The number of benzene rings is 2. The van der Waals surface area contributed by atoms with Crippen LogP contribution in [0, 0.1) is 13.8 Å². The molecule has 0 fully saturated rings. The normalized spacial score (nSPS) is 10.6. The average molecular weight is 385 g/mol. The van der Waals surface area contributed by atoms with Gasteiger partial charge in [-0.15, -0.1) is 0 Å². The van der Waals surface area contributed by atoms with Crippen LogP contribution < -0.4 is 10.1 Å². The first-order valence-corrected chi connectivity index (χ1v) is 9.07. The molecular formula is C22H19N5O2. The summed E-state index contributed by atoms with van der Waals surface area (Å²) in [6, 6.07) is 15.1. The fraction of sp³-hybridized carbons (Fsp3) is 0.0909. The number of carbonyl (C=O) groups is 1. The van der Waals surface area contributed by atoms with E-state index in [1.54, 1.807) is 47.5 Å². The Morgan fingerprint density at radius 1 is 1.03 bits per heavy atom. The lowest BCUT2D eigenvalue weighted by atomic mass is 10.2. The molecule has 2 aromatic carbocycles. The lowest BCUT2D eigenvalue weighted by Crippen LogP contribution is -2.13. The smallest absolute Gasteiger partial charge is 0.259 e. The summed E-state index contributed by atoms with van der Waals surface area (Å²) in [5.41, 5.74) is 3.93. The maximum Gasteiger partial charge on any atom is 0.259 e. The van der Waals surface area contributed by atoms with Gasteiger partial charge in [-0.1, -0.05) is 18.2 Å². The Labute approximate surface area is 168 Å². The van der Waals surface area contributed by atoms with Crippen molar-refractivity contribution in [3.05, 3.63) is 90.1 Å². The molecule has 0 atom stereocenters. The first-order valence-electron chi connectivity index (χ1n) is 9.07. The van der Waals surface area contributed by atoms with E-state index in [-0.39, 0.29) is 5.91 Å². The largest absolute Gasteiger partial charge is 0.437 e. The van der Waals surface area contributed by atoms with Crippen molar-refractivity contribution in [2.45, 2.75) is 13.8 Å². The molecular weight excluding hydrogens is 366 g/mol. The predicted molar refractivity (Wildman–Crippen MR) is 110 cm³/mol. The Kier molecular flexibility index (Phi) is 5.03. The van der Waals surface area contributed by atoms with Crippen molar-refractivity contribution in [2.75, 3.05) is 5.32 Å². The Morgan fingerprint density at radius 3 is 2.69 bits per heavy atom. The van der Waals surface area contributed by atoms with Gasteiger partial charge in [0.05, 0.1) is 29.3 Å². The van der Waals surface area contributed by atoms with Crippen molar-refractivity contribution in [3.63, 3.8) is 0 Å². The molecule has 29 heavy (non-hydrogen) atoms. The third-order valence-corrected chi connectivity index (χ3v) is 4.35. The molecule has 0 saturated carbocycles. The van der Waals surface area contributed by atoms with E-state index in [0.717, 1.165) is 16.9 Å². The van der Waals surface area contributed by atoms with Gasteiger partial charge in [-0.05, 0) is 43.7 Å². The van der Waals surface area contributed by atoms with Crippen molar-refractivity contribution >= 4 is 11.6 Å². The van der Waals surface area contributed by atoms with E-state index in [1.807, 2.05) is 38.1 Å². The van der Waals surface area contributed by atoms with Crippen LogP contribution in [-0.2, 0) is 0 Å². The first kappa shape index (κ1) is 18.4. The van der Waals surface area contributed by atoms with Gasteiger partial charge in [0.1, 0.15) is 5.75 Å².